The number of hydrogen-bond donors (Lipinski definition) is 0. The molecule has 0 aliphatic rings. The van der Waals surface area contributed by atoms with Crippen molar-refractivity contribution in [3.8, 4) is 0 Å². The second-order valence-electron chi connectivity index (χ2n) is 7.61. The summed E-state index contributed by atoms with van der Waals surface area (Å²) >= 11 is 1.72. The van der Waals surface area contributed by atoms with Gasteiger partial charge in [0, 0.05) is 35.9 Å². The maximum absolute atomic E-state index is 13.4. The van der Waals surface area contributed by atoms with E-state index in [9.17, 15) is 9.18 Å². The van der Waals surface area contributed by atoms with E-state index < -0.39 is 0 Å². The lowest BCUT2D eigenvalue weighted by Crippen LogP contribution is -2.36. The number of aromatic nitrogens is 1. The standard InChI is InChI=1S/C23H28FN3OS/c1-17-14-22(18(2)27(17)16-21-6-5-13-29-21)23(28)26(12-11-25(3)4)15-19-7-9-20(24)10-8-19/h5-10,13-14H,11-12,15-16H2,1-4H3. The Morgan fingerprint density at radius 3 is 2.45 bits per heavy atom. The van der Waals surface area contributed by atoms with Crippen molar-refractivity contribution >= 4 is 17.2 Å². The molecule has 3 aromatic rings. The van der Waals surface area contributed by atoms with Crippen molar-refractivity contribution in [3.05, 3.63) is 81.1 Å². The van der Waals surface area contributed by atoms with E-state index in [1.165, 1.54) is 17.0 Å². The highest BCUT2D eigenvalue weighted by Crippen LogP contribution is 2.21. The number of likely N-dealkylation sites (N-methyl/N-ethyl adjacent to an activating group) is 1. The fourth-order valence-corrected chi connectivity index (χ4v) is 4.07. The number of rotatable bonds is 8. The number of halogens is 1. The summed E-state index contributed by atoms with van der Waals surface area (Å²) in [5.41, 5.74) is 3.72. The molecule has 3 rings (SSSR count). The molecular weight excluding hydrogens is 385 g/mol. The molecule has 2 aromatic heterocycles. The number of carbonyl (C=O) groups excluding carboxylic acids is 1. The fourth-order valence-electron chi connectivity index (χ4n) is 3.37. The van der Waals surface area contributed by atoms with Crippen LogP contribution in [-0.4, -0.2) is 47.5 Å². The molecule has 0 fully saturated rings. The number of carbonyl (C=O) groups is 1. The molecule has 0 saturated heterocycles. The summed E-state index contributed by atoms with van der Waals surface area (Å²) < 4.78 is 15.5. The quantitative estimate of drug-likeness (QED) is 0.542. The molecule has 0 aliphatic heterocycles. The van der Waals surface area contributed by atoms with Gasteiger partial charge in [-0.15, -0.1) is 11.3 Å². The van der Waals surface area contributed by atoms with Crippen LogP contribution >= 0.6 is 11.3 Å². The molecule has 1 aromatic carbocycles. The number of amides is 1. The third-order valence-corrected chi connectivity index (χ3v) is 5.95. The summed E-state index contributed by atoms with van der Waals surface area (Å²) in [6, 6.07) is 12.5. The smallest absolute Gasteiger partial charge is 0.256 e. The first-order valence-corrected chi connectivity index (χ1v) is 10.6. The lowest BCUT2D eigenvalue weighted by Gasteiger charge is -2.25. The van der Waals surface area contributed by atoms with Crippen molar-refractivity contribution in [2.24, 2.45) is 0 Å². The van der Waals surface area contributed by atoms with Gasteiger partial charge in [0.2, 0.25) is 0 Å². The van der Waals surface area contributed by atoms with Gasteiger partial charge in [0.15, 0.2) is 0 Å². The van der Waals surface area contributed by atoms with Crippen LogP contribution in [0.2, 0.25) is 0 Å². The monoisotopic (exact) mass is 413 g/mol. The lowest BCUT2D eigenvalue weighted by atomic mass is 10.1. The summed E-state index contributed by atoms with van der Waals surface area (Å²) in [6.45, 7) is 6.66. The molecule has 2 heterocycles. The molecule has 0 bridgehead atoms. The molecule has 0 aliphatic carbocycles. The largest absolute Gasteiger partial charge is 0.343 e. The predicted octanol–water partition coefficient (Wildman–Crippen LogP) is 4.56. The average Bonchev–Trinajstić information content (AvgIpc) is 3.30. The Hall–Kier alpha value is -2.44. The van der Waals surface area contributed by atoms with Crippen molar-refractivity contribution in [2.75, 3.05) is 27.2 Å². The summed E-state index contributed by atoms with van der Waals surface area (Å²) in [6.07, 6.45) is 0. The Morgan fingerprint density at radius 2 is 1.83 bits per heavy atom. The Morgan fingerprint density at radius 1 is 1.10 bits per heavy atom. The molecule has 0 unspecified atom stereocenters. The van der Waals surface area contributed by atoms with Crippen LogP contribution in [0.3, 0.4) is 0 Å². The maximum atomic E-state index is 13.4. The topological polar surface area (TPSA) is 28.5 Å². The minimum absolute atomic E-state index is 0.0155. The van der Waals surface area contributed by atoms with Gasteiger partial charge in [-0.2, -0.15) is 0 Å². The SMILES string of the molecule is Cc1cc(C(=O)N(CCN(C)C)Cc2ccc(F)cc2)c(C)n1Cc1cccs1. The minimum atomic E-state index is -0.267. The number of thiophene rings is 1. The third-order valence-electron chi connectivity index (χ3n) is 5.09. The summed E-state index contributed by atoms with van der Waals surface area (Å²) in [5.74, 6) is -0.251. The van der Waals surface area contributed by atoms with Gasteiger partial charge >= 0.3 is 0 Å². The van der Waals surface area contributed by atoms with Crippen LogP contribution in [0.25, 0.3) is 0 Å². The minimum Gasteiger partial charge on any atom is -0.343 e. The number of hydrogen-bond acceptors (Lipinski definition) is 3. The first-order chi connectivity index (χ1) is 13.8. The van der Waals surface area contributed by atoms with Gasteiger partial charge in [-0.1, -0.05) is 18.2 Å². The average molecular weight is 414 g/mol. The van der Waals surface area contributed by atoms with Crippen LogP contribution in [0.15, 0.2) is 47.8 Å². The van der Waals surface area contributed by atoms with Crippen LogP contribution in [0.5, 0.6) is 0 Å². The zero-order valence-corrected chi connectivity index (χ0v) is 18.3. The molecule has 1 amide bonds. The molecule has 4 nitrogen and oxygen atoms in total. The fraction of sp³-hybridized carbons (Fsp3) is 0.348. The van der Waals surface area contributed by atoms with E-state index in [1.54, 1.807) is 23.5 Å². The molecular formula is C23H28FN3OS. The highest BCUT2D eigenvalue weighted by molar-refractivity contribution is 7.09. The summed E-state index contributed by atoms with van der Waals surface area (Å²) in [5, 5.41) is 2.07. The Bertz CT molecular complexity index is 945. The Labute approximate surface area is 176 Å². The van der Waals surface area contributed by atoms with Crippen LogP contribution in [0, 0.1) is 19.7 Å². The van der Waals surface area contributed by atoms with Gasteiger partial charge in [0.25, 0.3) is 5.91 Å². The molecule has 29 heavy (non-hydrogen) atoms. The molecule has 0 radical (unpaired) electrons. The van der Waals surface area contributed by atoms with Gasteiger partial charge < -0.3 is 14.4 Å². The van der Waals surface area contributed by atoms with Gasteiger partial charge in [-0.25, -0.2) is 4.39 Å². The molecule has 0 atom stereocenters. The molecule has 0 saturated carbocycles. The van der Waals surface area contributed by atoms with Gasteiger partial charge in [0.05, 0.1) is 12.1 Å². The maximum Gasteiger partial charge on any atom is 0.256 e. The van der Waals surface area contributed by atoms with Gasteiger partial charge in [-0.3, -0.25) is 4.79 Å². The van der Waals surface area contributed by atoms with E-state index in [2.05, 4.69) is 20.9 Å². The molecule has 6 heteroatoms. The Balaban J connectivity index is 1.85. The van der Waals surface area contributed by atoms with E-state index in [1.807, 2.05) is 45.0 Å². The van der Waals surface area contributed by atoms with Crippen LogP contribution < -0.4 is 0 Å². The molecule has 0 N–H and O–H groups in total. The van der Waals surface area contributed by atoms with E-state index in [0.29, 0.717) is 13.1 Å². The summed E-state index contributed by atoms with van der Waals surface area (Å²) in [7, 11) is 3.99. The van der Waals surface area contributed by atoms with Crippen LogP contribution in [0.4, 0.5) is 4.39 Å². The molecule has 154 valence electrons. The van der Waals surface area contributed by atoms with Crippen molar-refractivity contribution in [1.82, 2.24) is 14.4 Å². The number of nitrogens with zero attached hydrogens (tertiary/aromatic N) is 3. The van der Waals surface area contributed by atoms with Crippen molar-refractivity contribution < 1.29 is 9.18 Å². The van der Waals surface area contributed by atoms with Crippen LogP contribution in [0.1, 0.15) is 32.2 Å². The van der Waals surface area contributed by atoms with E-state index in [4.69, 9.17) is 0 Å². The van der Waals surface area contributed by atoms with E-state index in [-0.39, 0.29) is 11.7 Å². The first-order valence-electron chi connectivity index (χ1n) is 9.72. The summed E-state index contributed by atoms with van der Waals surface area (Å²) in [4.78, 5) is 18.6. The second kappa shape index (κ2) is 9.37. The van der Waals surface area contributed by atoms with E-state index >= 15 is 0 Å². The second-order valence-corrected chi connectivity index (χ2v) is 8.64. The van der Waals surface area contributed by atoms with Crippen molar-refractivity contribution in [2.45, 2.75) is 26.9 Å². The highest BCUT2D eigenvalue weighted by Gasteiger charge is 2.22. The number of aryl methyl sites for hydroxylation is 1. The molecule has 0 spiro atoms. The normalized spacial score (nSPS) is 11.2. The third kappa shape index (κ3) is 5.34. The number of benzene rings is 1. The van der Waals surface area contributed by atoms with Crippen molar-refractivity contribution in [3.63, 3.8) is 0 Å². The highest BCUT2D eigenvalue weighted by atomic mass is 32.1. The van der Waals surface area contributed by atoms with Gasteiger partial charge in [0.1, 0.15) is 5.82 Å². The zero-order chi connectivity index (χ0) is 21.0. The van der Waals surface area contributed by atoms with Crippen molar-refractivity contribution in [1.29, 1.82) is 0 Å². The lowest BCUT2D eigenvalue weighted by molar-refractivity contribution is 0.0731. The predicted molar refractivity (Wildman–Crippen MR) is 117 cm³/mol. The zero-order valence-electron chi connectivity index (χ0n) is 17.5. The van der Waals surface area contributed by atoms with E-state index in [0.717, 1.165) is 35.6 Å². The first kappa shape index (κ1) is 21.3. The van der Waals surface area contributed by atoms with Gasteiger partial charge in [-0.05, 0) is 63.2 Å². The van der Waals surface area contributed by atoms with Crippen LogP contribution in [-0.2, 0) is 13.1 Å². The Kier molecular flexibility index (Phi) is 6.87.